The minimum Gasteiger partial charge on any atom is -0.481 e. The van der Waals surface area contributed by atoms with Crippen molar-refractivity contribution in [3.05, 3.63) is 40.1 Å². The number of anilines is 1. The van der Waals surface area contributed by atoms with Crippen LogP contribution in [-0.4, -0.2) is 31.7 Å². The number of hydrogen-bond donors (Lipinski definition) is 1. The fourth-order valence-corrected chi connectivity index (χ4v) is 3.59. The maximum Gasteiger partial charge on any atom is 0.304 e. The maximum absolute atomic E-state index is 11.5. The van der Waals surface area contributed by atoms with E-state index >= 15 is 0 Å². The standard InChI is InChI=1S/C12H13N3O5S2/c1-20-10-5-8(3-4-13-10)7-14-12-9(15(16)17)6-11(21-12)22(2,18)19/h3-6,14H,7H2,1-2H3. The number of aromatic nitrogens is 1. The van der Waals surface area contributed by atoms with Crippen LogP contribution >= 0.6 is 11.3 Å². The van der Waals surface area contributed by atoms with E-state index in [0.717, 1.165) is 29.2 Å². The Morgan fingerprint density at radius 1 is 1.45 bits per heavy atom. The molecule has 10 heteroatoms. The number of hydrogen-bond acceptors (Lipinski definition) is 8. The predicted octanol–water partition coefficient (Wildman–Crippen LogP) is 2.08. The van der Waals surface area contributed by atoms with Crippen molar-refractivity contribution in [2.45, 2.75) is 10.8 Å². The van der Waals surface area contributed by atoms with Gasteiger partial charge >= 0.3 is 5.69 Å². The largest absolute Gasteiger partial charge is 0.481 e. The predicted molar refractivity (Wildman–Crippen MR) is 82.2 cm³/mol. The van der Waals surface area contributed by atoms with Gasteiger partial charge in [-0.2, -0.15) is 0 Å². The molecule has 118 valence electrons. The van der Waals surface area contributed by atoms with Crippen LogP contribution in [0.4, 0.5) is 10.7 Å². The number of nitrogens with zero attached hydrogens (tertiary/aromatic N) is 2. The molecule has 2 rings (SSSR count). The minimum absolute atomic E-state index is 0.0472. The molecule has 0 aliphatic carbocycles. The van der Waals surface area contributed by atoms with Crippen molar-refractivity contribution in [1.82, 2.24) is 4.98 Å². The van der Waals surface area contributed by atoms with E-state index < -0.39 is 14.8 Å². The van der Waals surface area contributed by atoms with Crippen LogP contribution in [0.2, 0.25) is 0 Å². The molecule has 0 saturated heterocycles. The Morgan fingerprint density at radius 3 is 2.77 bits per heavy atom. The molecule has 0 spiro atoms. The average Bonchev–Trinajstić information content (AvgIpc) is 2.90. The molecule has 0 aliphatic heterocycles. The number of nitro groups is 1. The number of methoxy groups -OCH3 is 1. The summed E-state index contributed by atoms with van der Waals surface area (Å²) in [4.78, 5) is 14.4. The number of pyridine rings is 1. The van der Waals surface area contributed by atoms with Gasteiger partial charge in [0.2, 0.25) is 5.88 Å². The van der Waals surface area contributed by atoms with Crippen LogP contribution in [0, 0.1) is 10.1 Å². The van der Waals surface area contributed by atoms with Crippen LogP contribution in [-0.2, 0) is 16.4 Å². The highest BCUT2D eigenvalue weighted by atomic mass is 32.2. The van der Waals surface area contributed by atoms with Crippen molar-refractivity contribution in [3.63, 3.8) is 0 Å². The van der Waals surface area contributed by atoms with E-state index in [1.54, 1.807) is 18.3 Å². The normalized spacial score (nSPS) is 11.2. The zero-order valence-corrected chi connectivity index (χ0v) is 13.4. The summed E-state index contributed by atoms with van der Waals surface area (Å²) in [5.74, 6) is 0.428. The maximum atomic E-state index is 11.5. The van der Waals surface area contributed by atoms with Crippen molar-refractivity contribution in [3.8, 4) is 5.88 Å². The van der Waals surface area contributed by atoms with Gasteiger partial charge in [-0.3, -0.25) is 10.1 Å². The lowest BCUT2D eigenvalue weighted by molar-refractivity contribution is -0.383. The number of rotatable bonds is 6. The molecule has 2 aromatic rings. The first-order chi connectivity index (χ1) is 10.3. The molecule has 2 heterocycles. The van der Waals surface area contributed by atoms with E-state index in [2.05, 4.69) is 10.3 Å². The molecule has 0 amide bonds. The topological polar surface area (TPSA) is 111 Å². The number of nitrogens with one attached hydrogen (secondary N) is 1. The summed E-state index contributed by atoms with van der Waals surface area (Å²) in [7, 11) is -2.00. The second kappa shape index (κ2) is 6.28. The summed E-state index contributed by atoms with van der Waals surface area (Å²) in [5.41, 5.74) is 0.543. The van der Waals surface area contributed by atoms with Crippen LogP contribution < -0.4 is 10.1 Å². The molecule has 0 aromatic carbocycles. The van der Waals surface area contributed by atoms with Gasteiger partial charge in [0, 0.05) is 31.1 Å². The lowest BCUT2D eigenvalue weighted by atomic mass is 10.2. The van der Waals surface area contributed by atoms with E-state index in [0.29, 0.717) is 5.88 Å². The van der Waals surface area contributed by atoms with Crippen LogP contribution in [0.25, 0.3) is 0 Å². The SMILES string of the molecule is COc1cc(CNc2sc(S(C)(=O)=O)cc2[N+](=O)[O-])ccn1. The molecule has 0 fully saturated rings. The molecular weight excluding hydrogens is 330 g/mol. The molecule has 0 unspecified atom stereocenters. The Balaban J connectivity index is 2.25. The number of thiophene rings is 1. The van der Waals surface area contributed by atoms with Crippen LogP contribution in [0.15, 0.2) is 28.6 Å². The monoisotopic (exact) mass is 343 g/mol. The van der Waals surface area contributed by atoms with Crippen molar-refractivity contribution >= 4 is 31.9 Å². The molecule has 0 radical (unpaired) electrons. The Kier molecular flexibility index (Phi) is 4.62. The lowest BCUT2D eigenvalue weighted by Gasteiger charge is -2.05. The van der Waals surface area contributed by atoms with Gasteiger partial charge < -0.3 is 10.1 Å². The van der Waals surface area contributed by atoms with Crippen molar-refractivity contribution in [2.24, 2.45) is 0 Å². The third-order valence-electron chi connectivity index (χ3n) is 2.71. The van der Waals surface area contributed by atoms with Gasteiger partial charge in [0.15, 0.2) is 14.8 Å². The third kappa shape index (κ3) is 3.71. The summed E-state index contributed by atoms with van der Waals surface area (Å²) in [5, 5.41) is 14.1. The van der Waals surface area contributed by atoms with Crippen molar-refractivity contribution in [2.75, 3.05) is 18.7 Å². The molecule has 22 heavy (non-hydrogen) atoms. The van der Waals surface area contributed by atoms with Gasteiger partial charge in [-0.05, 0) is 11.6 Å². The average molecular weight is 343 g/mol. The minimum atomic E-state index is -3.49. The molecular formula is C12H13N3O5S2. The van der Waals surface area contributed by atoms with Gasteiger partial charge in [-0.15, -0.1) is 0 Å². The highest BCUT2D eigenvalue weighted by Crippen LogP contribution is 2.37. The molecule has 8 nitrogen and oxygen atoms in total. The van der Waals surface area contributed by atoms with Gasteiger partial charge in [0.25, 0.3) is 0 Å². The van der Waals surface area contributed by atoms with E-state index in [1.807, 2.05) is 0 Å². The smallest absolute Gasteiger partial charge is 0.304 e. The Morgan fingerprint density at radius 2 is 2.18 bits per heavy atom. The van der Waals surface area contributed by atoms with Crippen molar-refractivity contribution in [1.29, 1.82) is 0 Å². The summed E-state index contributed by atoms with van der Waals surface area (Å²) < 4.78 is 28.0. The molecule has 0 saturated carbocycles. The van der Waals surface area contributed by atoms with E-state index in [9.17, 15) is 18.5 Å². The second-order valence-corrected chi connectivity index (χ2v) is 7.66. The van der Waals surface area contributed by atoms with E-state index in [1.165, 1.54) is 7.11 Å². The number of sulfone groups is 1. The highest BCUT2D eigenvalue weighted by molar-refractivity contribution is 7.92. The first-order valence-electron chi connectivity index (χ1n) is 6.02. The zero-order chi connectivity index (χ0) is 16.3. The van der Waals surface area contributed by atoms with E-state index in [4.69, 9.17) is 4.74 Å². The second-order valence-electron chi connectivity index (χ2n) is 4.37. The molecule has 1 N–H and O–H groups in total. The fourth-order valence-electron chi connectivity index (χ4n) is 1.66. The Labute approximate surface area is 130 Å². The highest BCUT2D eigenvalue weighted by Gasteiger charge is 2.23. The lowest BCUT2D eigenvalue weighted by Crippen LogP contribution is -2.00. The first kappa shape index (κ1) is 16.2. The molecule has 0 aliphatic rings. The van der Waals surface area contributed by atoms with Gasteiger partial charge in [-0.25, -0.2) is 13.4 Å². The molecule has 2 aromatic heterocycles. The van der Waals surface area contributed by atoms with Crippen molar-refractivity contribution < 1.29 is 18.1 Å². The molecule has 0 bridgehead atoms. The van der Waals surface area contributed by atoms with Gasteiger partial charge in [-0.1, -0.05) is 11.3 Å². The molecule has 0 atom stereocenters. The number of ether oxygens (including phenoxy) is 1. The van der Waals surface area contributed by atoms with Crippen LogP contribution in [0.3, 0.4) is 0 Å². The Hall–Kier alpha value is -2.20. The summed E-state index contributed by atoms with van der Waals surface area (Å²) >= 11 is 0.836. The quantitative estimate of drug-likeness (QED) is 0.631. The summed E-state index contributed by atoms with van der Waals surface area (Å²) in [6.07, 6.45) is 2.57. The first-order valence-corrected chi connectivity index (χ1v) is 8.73. The fraction of sp³-hybridized carbons (Fsp3) is 0.250. The Bertz CT molecular complexity index is 801. The summed E-state index contributed by atoms with van der Waals surface area (Å²) in [6, 6.07) is 4.48. The van der Waals surface area contributed by atoms with E-state index in [-0.39, 0.29) is 21.4 Å². The van der Waals surface area contributed by atoms with Crippen LogP contribution in [0.1, 0.15) is 5.56 Å². The van der Waals surface area contributed by atoms with Gasteiger partial charge in [0.1, 0.15) is 4.21 Å². The zero-order valence-electron chi connectivity index (χ0n) is 11.8. The van der Waals surface area contributed by atoms with Crippen LogP contribution in [0.5, 0.6) is 5.88 Å². The van der Waals surface area contributed by atoms with Gasteiger partial charge in [0.05, 0.1) is 12.0 Å². The third-order valence-corrected chi connectivity index (χ3v) is 5.60. The summed E-state index contributed by atoms with van der Waals surface area (Å²) in [6.45, 7) is 0.281.